The molecule has 0 radical (unpaired) electrons. The molecule has 0 saturated carbocycles. The van der Waals surface area contributed by atoms with E-state index < -0.39 is 6.10 Å². The second kappa shape index (κ2) is 63.3. The summed E-state index contributed by atoms with van der Waals surface area (Å²) in [7, 11) is 0. The van der Waals surface area contributed by atoms with Crippen molar-refractivity contribution in [2.75, 3.05) is 19.8 Å². The molecular formula is C69H114O5. The molecule has 0 rings (SSSR count). The van der Waals surface area contributed by atoms with Gasteiger partial charge in [-0.25, -0.2) is 0 Å². The summed E-state index contributed by atoms with van der Waals surface area (Å²) in [5, 5.41) is 0. The topological polar surface area (TPSA) is 61.8 Å². The Labute approximate surface area is 458 Å². The van der Waals surface area contributed by atoms with Gasteiger partial charge in [0.15, 0.2) is 6.10 Å². The van der Waals surface area contributed by atoms with Gasteiger partial charge >= 0.3 is 11.9 Å². The van der Waals surface area contributed by atoms with Crippen molar-refractivity contribution in [3.63, 3.8) is 0 Å². The van der Waals surface area contributed by atoms with E-state index in [0.29, 0.717) is 19.4 Å². The fourth-order valence-corrected chi connectivity index (χ4v) is 8.20. The first-order valence-corrected chi connectivity index (χ1v) is 30.7. The molecule has 0 aliphatic rings. The highest BCUT2D eigenvalue weighted by Gasteiger charge is 2.17. The Balaban J connectivity index is 4.45. The largest absolute Gasteiger partial charge is 0.462 e. The van der Waals surface area contributed by atoms with Crippen LogP contribution in [0.2, 0.25) is 0 Å². The van der Waals surface area contributed by atoms with E-state index in [1.807, 2.05) is 0 Å². The lowest BCUT2D eigenvalue weighted by atomic mass is 10.0. The van der Waals surface area contributed by atoms with Crippen molar-refractivity contribution >= 4 is 11.9 Å². The lowest BCUT2D eigenvalue weighted by Crippen LogP contribution is -2.30. The average molecular weight is 1020 g/mol. The normalized spacial score (nSPS) is 13.2. The number of carbonyl (C=O) groups excluding carboxylic acids is 2. The molecule has 1 atom stereocenters. The fourth-order valence-electron chi connectivity index (χ4n) is 8.20. The van der Waals surface area contributed by atoms with E-state index in [-0.39, 0.29) is 25.2 Å². The van der Waals surface area contributed by atoms with Gasteiger partial charge < -0.3 is 14.2 Å². The Morgan fingerprint density at radius 3 is 0.973 bits per heavy atom. The van der Waals surface area contributed by atoms with Gasteiger partial charge in [0.1, 0.15) is 6.61 Å². The van der Waals surface area contributed by atoms with E-state index in [1.54, 1.807) is 0 Å². The van der Waals surface area contributed by atoms with Crippen LogP contribution in [0.25, 0.3) is 0 Å². The molecule has 0 heterocycles. The number of esters is 2. The predicted octanol–water partition coefficient (Wildman–Crippen LogP) is 21.5. The van der Waals surface area contributed by atoms with E-state index in [2.05, 4.69) is 154 Å². The van der Waals surface area contributed by atoms with Crippen molar-refractivity contribution in [3.8, 4) is 0 Å². The second-order valence-electron chi connectivity index (χ2n) is 19.8. The molecule has 0 N–H and O–H groups in total. The maximum Gasteiger partial charge on any atom is 0.306 e. The number of allylic oxidation sites excluding steroid dienone is 22. The summed E-state index contributed by atoms with van der Waals surface area (Å²) in [4.78, 5) is 25.6. The Morgan fingerprint density at radius 2 is 0.608 bits per heavy atom. The van der Waals surface area contributed by atoms with Crippen molar-refractivity contribution < 1.29 is 23.8 Å². The number of hydrogen-bond acceptors (Lipinski definition) is 5. The quantitative estimate of drug-likeness (QED) is 0.0345. The van der Waals surface area contributed by atoms with Crippen LogP contribution in [0.1, 0.15) is 265 Å². The van der Waals surface area contributed by atoms with Gasteiger partial charge in [-0.1, -0.05) is 276 Å². The Morgan fingerprint density at radius 1 is 0.311 bits per heavy atom. The van der Waals surface area contributed by atoms with Crippen LogP contribution in [0, 0.1) is 0 Å². The van der Waals surface area contributed by atoms with E-state index in [9.17, 15) is 9.59 Å². The molecule has 0 aliphatic heterocycles. The van der Waals surface area contributed by atoms with E-state index >= 15 is 0 Å². The number of ether oxygens (including phenoxy) is 3. The maximum atomic E-state index is 12.9. The molecule has 1 unspecified atom stereocenters. The molecule has 0 aromatic rings. The average Bonchev–Trinajstić information content (AvgIpc) is 3.40. The zero-order valence-corrected chi connectivity index (χ0v) is 48.3. The number of carbonyl (C=O) groups is 2. The third-order valence-electron chi connectivity index (χ3n) is 12.7. The first-order chi connectivity index (χ1) is 36.6. The molecule has 0 saturated heterocycles. The smallest absolute Gasteiger partial charge is 0.306 e. The third-order valence-corrected chi connectivity index (χ3v) is 12.7. The summed E-state index contributed by atoms with van der Waals surface area (Å²) in [5.41, 5.74) is 0. The van der Waals surface area contributed by atoms with Gasteiger partial charge in [0.2, 0.25) is 0 Å². The highest BCUT2D eigenvalue weighted by atomic mass is 16.6. The highest BCUT2D eigenvalue weighted by Crippen LogP contribution is 2.16. The molecule has 0 aromatic heterocycles. The van der Waals surface area contributed by atoms with Crippen LogP contribution in [0.3, 0.4) is 0 Å². The van der Waals surface area contributed by atoms with Crippen LogP contribution >= 0.6 is 0 Å². The number of hydrogen-bond donors (Lipinski definition) is 0. The highest BCUT2D eigenvalue weighted by molar-refractivity contribution is 5.70. The summed E-state index contributed by atoms with van der Waals surface area (Å²) < 4.78 is 17.4. The van der Waals surface area contributed by atoms with Crippen molar-refractivity contribution in [3.05, 3.63) is 134 Å². The molecule has 74 heavy (non-hydrogen) atoms. The van der Waals surface area contributed by atoms with Crippen molar-refractivity contribution in [2.24, 2.45) is 0 Å². The molecular weight excluding hydrogens is 909 g/mol. The zero-order valence-electron chi connectivity index (χ0n) is 48.3. The van der Waals surface area contributed by atoms with Crippen LogP contribution < -0.4 is 0 Å². The molecule has 0 aromatic carbocycles. The Kier molecular flexibility index (Phi) is 59.9. The summed E-state index contributed by atoms with van der Waals surface area (Å²) >= 11 is 0. The van der Waals surface area contributed by atoms with E-state index in [1.165, 1.54) is 103 Å². The van der Waals surface area contributed by atoms with E-state index in [0.717, 1.165) is 128 Å². The minimum atomic E-state index is -0.590. The van der Waals surface area contributed by atoms with Gasteiger partial charge in [-0.05, 0) is 109 Å². The van der Waals surface area contributed by atoms with Gasteiger partial charge in [-0.2, -0.15) is 0 Å². The molecule has 0 aliphatic carbocycles. The SMILES string of the molecule is CC/C=C\C/C=C\C/C=C\C/C=C\C/C=C\C/C=C\CCCOCC(COC(=O)CCCCC/C=C\C/C=C\C/C=C\C/C=C\C/C=C\CC)OC(=O)CCCCCCCCCCCCCCCCCCCCC. The van der Waals surface area contributed by atoms with E-state index in [4.69, 9.17) is 14.2 Å². The fraction of sp³-hybridized carbons (Fsp3) is 0.652. The predicted molar refractivity (Wildman–Crippen MR) is 325 cm³/mol. The lowest BCUT2D eigenvalue weighted by molar-refractivity contribution is -0.163. The molecule has 0 fully saturated rings. The molecule has 0 amide bonds. The van der Waals surface area contributed by atoms with Gasteiger partial charge in [0, 0.05) is 19.4 Å². The molecule has 0 bridgehead atoms. The lowest BCUT2D eigenvalue weighted by Gasteiger charge is -2.18. The second-order valence-corrected chi connectivity index (χ2v) is 19.8. The standard InChI is InChI=1S/C69H114O5/c1-4-7-10-13-16-19-22-25-28-31-34-37-40-43-46-49-52-55-58-61-64-72-65-67(74-69(71)63-60-57-54-51-48-45-42-39-36-33-30-27-24-21-18-15-12-9-6-3)66-73-68(70)62-59-56-53-50-47-44-41-38-35-32-29-26-23-20-17-14-11-8-5-2/h7-8,10-11,16-17,19-20,25-26,28-29,34-35,37-38,43-44,46-47,52,55,67H,4-6,9,12-15,18,21-24,27,30-33,36,39-42,45,48-51,53-54,56-66H2,1-3H3/b10-7-,11-8-,19-16-,20-17-,28-25-,29-26-,37-34-,38-35-,46-43-,47-44-,55-52-. The summed E-state index contributed by atoms with van der Waals surface area (Å²) in [5.74, 6) is -0.466. The summed E-state index contributed by atoms with van der Waals surface area (Å²) in [6.07, 6.45) is 90.7. The van der Waals surface area contributed by atoms with Crippen LogP contribution in [0.4, 0.5) is 0 Å². The maximum absolute atomic E-state index is 12.9. The van der Waals surface area contributed by atoms with Crippen LogP contribution in [0.15, 0.2) is 134 Å². The van der Waals surface area contributed by atoms with Crippen LogP contribution in [0.5, 0.6) is 0 Å². The first-order valence-electron chi connectivity index (χ1n) is 30.7. The minimum absolute atomic E-state index is 0.0386. The summed E-state index contributed by atoms with van der Waals surface area (Å²) in [6, 6.07) is 0. The third kappa shape index (κ3) is 60.6. The van der Waals surface area contributed by atoms with Crippen molar-refractivity contribution in [1.82, 2.24) is 0 Å². The van der Waals surface area contributed by atoms with Crippen molar-refractivity contribution in [1.29, 1.82) is 0 Å². The van der Waals surface area contributed by atoms with Crippen LogP contribution in [-0.2, 0) is 23.8 Å². The Hall–Kier alpha value is -3.96. The number of unbranched alkanes of at least 4 members (excludes halogenated alkanes) is 22. The molecule has 5 heteroatoms. The van der Waals surface area contributed by atoms with Crippen LogP contribution in [-0.4, -0.2) is 37.9 Å². The molecule has 5 nitrogen and oxygen atoms in total. The van der Waals surface area contributed by atoms with Crippen molar-refractivity contribution in [2.45, 2.75) is 271 Å². The van der Waals surface area contributed by atoms with Gasteiger partial charge in [-0.3, -0.25) is 9.59 Å². The van der Waals surface area contributed by atoms with Gasteiger partial charge in [0.25, 0.3) is 0 Å². The number of rotatable bonds is 55. The molecule has 0 spiro atoms. The minimum Gasteiger partial charge on any atom is -0.462 e. The molecule has 420 valence electrons. The van der Waals surface area contributed by atoms with Gasteiger partial charge in [0.05, 0.1) is 6.61 Å². The first kappa shape index (κ1) is 70.0. The Bertz CT molecular complexity index is 1530. The monoisotopic (exact) mass is 1020 g/mol. The summed E-state index contributed by atoms with van der Waals surface area (Å²) in [6.45, 7) is 7.44. The van der Waals surface area contributed by atoms with Gasteiger partial charge in [-0.15, -0.1) is 0 Å². The zero-order chi connectivity index (χ0) is 53.4.